The van der Waals surface area contributed by atoms with Gasteiger partial charge in [-0.3, -0.25) is 4.79 Å². The summed E-state index contributed by atoms with van der Waals surface area (Å²) in [4.78, 5) is 10.8. The molecule has 1 atom stereocenters. The molecular weight excluding hydrogens is 206 g/mol. The van der Waals surface area contributed by atoms with Crippen molar-refractivity contribution in [2.24, 2.45) is 0 Å². The van der Waals surface area contributed by atoms with Gasteiger partial charge < -0.3 is 15.2 Å². The molecule has 1 heterocycles. The Balaban J connectivity index is 2.35. The van der Waals surface area contributed by atoms with E-state index in [0.29, 0.717) is 0 Å². The molecule has 0 bridgehead atoms. The summed E-state index contributed by atoms with van der Waals surface area (Å²) in [6.45, 7) is 0.797. The minimum Gasteiger partial charge on any atom is -0.495 e. The van der Waals surface area contributed by atoms with Crippen molar-refractivity contribution in [3.8, 4) is 5.75 Å². The smallest absolute Gasteiger partial charge is 0.303 e. The predicted molar refractivity (Wildman–Crippen MR) is 61.1 cm³/mol. The van der Waals surface area contributed by atoms with Gasteiger partial charge in [0, 0.05) is 6.54 Å². The molecule has 0 saturated heterocycles. The van der Waals surface area contributed by atoms with E-state index in [1.807, 2.05) is 18.2 Å². The SMILES string of the molecule is COc1cccc2c1NCCC2CC(=O)O. The lowest BCUT2D eigenvalue weighted by Gasteiger charge is -2.26. The van der Waals surface area contributed by atoms with E-state index in [9.17, 15) is 4.79 Å². The van der Waals surface area contributed by atoms with E-state index in [2.05, 4.69) is 5.32 Å². The normalized spacial score (nSPS) is 18.4. The molecule has 2 N–H and O–H groups in total. The highest BCUT2D eigenvalue weighted by Gasteiger charge is 2.24. The number of methoxy groups -OCH3 is 1. The topological polar surface area (TPSA) is 58.6 Å². The number of benzene rings is 1. The molecule has 1 unspecified atom stereocenters. The van der Waals surface area contributed by atoms with Crippen molar-refractivity contribution >= 4 is 11.7 Å². The summed E-state index contributed by atoms with van der Waals surface area (Å²) in [5.41, 5.74) is 2.00. The molecule has 0 amide bonds. The fourth-order valence-electron chi connectivity index (χ4n) is 2.20. The number of aliphatic carboxylic acids is 1. The molecule has 1 aliphatic heterocycles. The van der Waals surface area contributed by atoms with E-state index < -0.39 is 5.97 Å². The molecular formula is C12H15NO3. The number of rotatable bonds is 3. The van der Waals surface area contributed by atoms with Gasteiger partial charge in [-0.15, -0.1) is 0 Å². The van der Waals surface area contributed by atoms with Crippen LogP contribution >= 0.6 is 0 Å². The van der Waals surface area contributed by atoms with E-state index >= 15 is 0 Å². The number of anilines is 1. The second kappa shape index (κ2) is 4.43. The molecule has 16 heavy (non-hydrogen) atoms. The lowest BCUT2D eigenvalue weighted by molar-refractivity contribution is -0.137. The van der Waals surface area contributed by atoms with Gasteiger partial charge in [-0.2, -0.15) is 0 Å². The molecule has 1 aliphatic rings. The number of carbonyl (C=O) groups is 1. The maximum atomic E-state index is 10.8. The minimum atomic E-state index is -0.749. The number of hydrogen-bond donors (Lipinski definition) is 2. The van der Waals surface area contributed by atoms with Crippen LogP contribution in [-0.4, -0.2) is 24.7 Å². The van der Waals surface area contributed by atoms with Crippen molar-refractivity contribution in [2.75, 3.05) is 19.0 Å². The lowest BCUT2D eigenvalue weighted by Crippen LogP contribution is -2.19. The summed E-state index contributed by atoms with van der Waals surface area (Å²) in [5, 5.41) is 12.1. The number of fused-ring (bicyclic) bond motifs is 1. The van der Waals surface area contributed by atoms with Crippen molar-refractivity contribution in [1.29, 1.82) is 0 Å². The van der Waals surface area contributed by atoms with Crippen LogP contribution in [-0.2, 0) is 4.79 Å². The van der Waals surface area contributed by atoms with E-state index in [-0.39, 0.29) is 12.3 Å². The van der Waals surface area contributed by atoms with E-state index in [4.69, 9.17) is 9.84 Å². The summed E-state index contributed by atoms with van der Waals surface area (Å²) in [7, 11) is 1.62. The largest absolute Gasteiger partial charge is 0.495 e. The fraction of sp³-hybridized carbons (Fsp3) is 0.417. The standard InChI is InChI=1S/C12H15NO3/c1-16-10-4-2-3-9-8(7-11(14)15)5-6-13-12(9)10/h2-4,8,13H,5-7H2,1H3,(H,14,15). The molecule has 0 fully saturated rings. The molecule has 0 radical (unpaired) electrons. The van der Waals surface area contributed by atoms with Crippen LogP contribution in [0.3, 0.4) is 0 Å². The molecule has 0 spiro atoms. The molecule has 86 valence electrons. The monoisotopic (exact) mass is 221 g/mol. The van der Waals surface area contributed by atoms with Gasteiger partial charge in [0.05, 0.1) is 19.2 Å². The lowest BCUT2D eigenvalue weighted by atomic mass is 9.88. The molecule has 2 rings (SSSR count). The third-order valence-corrected chi connectivity index (χ3v) is 2.93. The molecule has 0 aromatic heterocycles. The van der Waals surface area contributed by atoms with Crippen LogP contribution in [0.5, 0.6) is 5.75 Å². The first-order valence-corrected chi connectivity index (χ1v) is 5.35. The third-order valence-electron chi connectivity index (χ3n) is 2.93. The fourth-order valence-corrected chi connectivity index (χ4v) is 2.20. The molecule has 1 aromatic rings. The van der Waals surface area contributed by atoms with Crippen LogP contribution in [0.2, 0.25) is 0 Å². The van der Waals surface area contributed by atoms with Crippen LogP contribution in [0.15, 0.2) is 18.2 Å². The predicted octanol–water partition coefficient (Wildman–Crippen LogP) is 2.07. The van der Waals surface area contributed by atoms with E-state index in [1.165, 1.54) is 0 Å². The van der Waals surface area contributed by atoms with E-state index in [0.717, 1.165) is 30.0 Å². The molecule has 0 aliphatic carbocycles. The van der Waals surface area contributed by atoms with Gasteiger partial charge >= 0.3 is 5.97 Å². The average Bonchev–Trinajstić information content (AvgIpc) is 2.28. The van der Waals surface area contributed by atoms with Crippen molar-refractivity contribution in [2.45, 2.75) is 18.8 Å². The number of carboxylic acids is 1. The van der Waals surface area contributed by atoms with Crippen LogP contribution < -0.4 is 10.1 Å². The average molecular weight is 221 g/mol. The van der Waals surface area contributed by atoms with Gasteiger partial charge in [-0.1, -0.05) is 12.1 Å². The summed E-state index contributed by atoms with van der Waals surface area (Å²) in [6, 6.07) is 5.76. The van der Waals surface area contributed by atoms with Gasteiger partial charge in [-0.25, -0.2) is 0 Å². The number of hydrogen-bond acceptors (Lipinski definition) is 3. The zero-order chi connectivity index (χ0) is 11.5. The number of nitrogens with one attached hydrogen (secondary N) is 1. The Bertz CT molecular complexity index is 403. The first-order valence-electron chi connectivity index (χ1n) is 5.35. The first-order chi connectivity index (χ1) is 7.72. The number of para-hydroxylation sites is 1. The van der Waals surface area contributed by atoms with Crippen LogP contribution in [0.4, 0.5) is 5.69 Å². The highest BCUT2D eigenvalue weighted by atomic mass is 16.5. The van der Waals surface area contributed by atoms with Crippen molar-refractivity contribution in [3.63, 3.8) is 0 Å². The highest BCUT2D eigenvalue weighted by molar-refractivity contribution is 5.71. The molecule has 1 aromatic carbocycles. The maximum Gasteiger partial charge on any atom is 0.303 e. The van der Waals surface area contributed by atoms with E-state index in [1.54, 1.807) is 7.11 Å². The summed E-state index contributed by atoms with van der Waals surface area (Å²) < 4.78 is 5.26. The maximum absolute atomic E-state index is 10.8. The summed E-state index contributed by atoms with van der Waals surface area (Å²) in [6.07, 6.45) is 1.04. The zero-order valence-electron chi connectivity index (χ0n) is 9.19. The van der Waals surface area contributed by atoms with Crippen LogP contribution in [0.1, 0.15) is 24.3 Å². The Kier molecular flexibility index (Phi) is 2.99. The highest BCUT2D eigenvalue weighted by Crippen LogP contribution is 2.39. The molecule has 0 saturated carbocycles. The van der Waals surface area contributed by atoms with Gasteiger partial charge in [0.15, 0.2) is 0 Å². The Labute approximate surface area is 94.2 Å². The van der Waals surface area contributed by atoms with Crippen LogP contribution in [0, 0.1) is 0 Å². The quantitative estimate of drug-likeness (QED) is 0.820. The zero-order valence-corrected chi connectivity index (χ0v) is 9.19. The van der Waals surface area contributed by atoms with Gasteiger partial charge in [0.1, 0.15) is 5.75 Å². The second-order valence-corrected chi connectivity index (χ2v) is 3.93. The number of carboxylic acid groups (broad SMARTS) is 1. The Hall–Kier alpha value is -1.71. The van der Waals surface area contributed by atoms with Crippen LogP contribution in [0.25, 0.3) is 0 Å². The van der Waals surface area contributed by atoms with Gasteiger partial charge in [0.25, 0.3) is 0 Å². The van der Waals surface area contributed by atoms with Gasteiger partial charge in [0.2, 0.25) is 0 Å². The minimum absolute atomic E-state index is 0.0869. The number of ether oxygens (including phenoxy) is 1. The summed E-state index contributed by atoms with van der Waals surface area (Å²) >= 11 is 0. The van der Waals surface area contributed by atoms with Crippen molar-refractivity contribution in [1.82, 2.24) is 0 Å². The van der Waals surface area contributed by atoms with Crippen molar-refractivity contribution < 1.29 is 14.6 Å². The molecule has 4 nitrogen and oxygen atoms in total. The van der Waals surface area contributed by atoms with Gasteiger partial charge in [-0.05, 0) is 24.0 Å². The second-order valence-electron chi connectivity index (χ2n) is 3.93. The molecule has 4 heteroatoms. The third kappa shape index (κ3) is 1.96. The Morgan fingerprint density at radius 1 is 1.62 bits per heavy atom. The summed E-state index contributed by atoms with van der Waals surface area (Å²) in [5.74, 6) is 0.122. The first kappa shape index (κ1) is 10.8. The Morgan fingerprint density at radius 2 is 2.44 bits per heavy atom. The Morgan fingerprint density at radius 3 is 3.12 bits per heavy atom. The van der Waals surface area contributed by atoms with Crippen molar-refractivity contribution in [3.05, 3.63) is 23.8 Å².